The molecular weight excluding hydrogens is 925 g/mol. The number of esters is 3. The predicted molar refractivity (Wildman–Crippen MR) is 325 cm³/mol. The Morgan fingerprint density at radius 3 is 0.773 bits per heavy atom. The summed E-state index contributed by atoms with van der Waals surface area (Å²) in [6.07, 6.45) is 79.7. The fraction of sp³-hybridized carbons (Fsp3) is 0.841. The first-order valence-corrected chi connectivity index (χ1v) is 33.1. The highest BCUT2D eigenvalue weighted by atomic mass is 16.6. The van der Waals surface area contributed by atoms with Gasteiger partial charge in [-0.25, -0.2) is 0 Å². The van der Waals surface area contributed by atoms with Crippen molar-refractivity contribution in [2.75, 3.05) is 13.2 Å². The molecule has 75 heavy (non-hydrogen) atoms. The van der Waals surface area contributed by atoms with Crippen LogP contribution in [0.4, 0.5) is 0 Å². The summed E-state index contributed by atoms with van der Waals surface area (Å²) in [6, 6.07) is 0. The number of unbranched alkanes of at least 4 members (excludes halogenated alkanes) is 42. The van der Waals surface area contributed by atoms with Crippen molar-refractivity contribution in [1.82, 2.24) is 0 Å². The van der Waals surface area contributed by atoms with Gasteiger partial charge in [0, 0.05) is 19.3 Å². The fourth-order valence-corrected chi connectivity index (χ4v) is 9.76. The van der Waals surface area contributed by atoms with Crippen LogP contribution in [0.25, 0.3) is 0 Å². The minimum atomic E-state index is -0.779. The number of hydrogen-bond donors (Lipinski definition) is 0. The van der Waals surface area contributed by atoms with Crippen LogP contribution < -0.4 is 0 Å². The normalized spacial score (nSPS) is 12.3. The SMILES string of the molecule is CCCCC/C=C\C/C=C\CCCCCCCCCC(=O)OCC(COC(=O)CCCCCCCCCCC/C=C\CCCCCCCCCC)OC(=O)CCCCCCCCCCC/C=C\CCCCCCCC. The molecule has 6 nitrogen and oxygen atoms in total. The topological polar surface area (TPSA) is 78.9 Å². The molecule has 438 valence electrons. The van der Waals surface area contributed by atoms with Crippen LogP contribution in [0, 0.1) is 0 Å². The van der Waals surface area contributed by atoms with Crippen LogP contribution in [0.3, 0.4) is 0 Å². The largest absolute Gasteiger partial charge is 0.462 e. The molecule has 0 fully saturated rings. The van der Waals surface area contributed by atoms with Gasteiger partial charge in [-0.1, -0.05) is 281 Å². The molecule has 0 N–H and O–H groups in total. The molecule has 0 spiro atoms. The highest BCUT2D eigenvalue weighted by Gasteiger charge is 2.19. The number of rotatable bonds is 61. The quantitative estimate of drug-likeness (QED) is 0.0261. The van der Waals surface area contributed by atoms with Crippen molar-refractivity contribution < 1.29 is 28.6 Å². The Kier molecular flexibility index (Phi) is 61.7. The second-order valence-corrected chi connectivity index (χ2v) is 22.4. The molecule has 0 amide bonds. The van der Waals surface area contributed by atoms with Crippen molar-refractivity contribution in [2.24, 2.45) is 0 Å². The van der Waals surface area contributed by atoms with Crippen LogP contribution in [-0.4, -0.2) is 37.2 Å². The van der Waals surface area contributed by atoms with Gasteiger partial charge in [0.05, 0.1) is 0 Å². The zero-order valence-corrected chi connectivity index (χ0v) is 50.3. The van der Waals surface area contributed by atoms with Crippen LogP contribution in [0.15, 0.2) is 48.6 Å². The molecule has 6 heteroatoms. The van der Waals surface area contributed by atoms with E-state index in [9.17, 15) is 14.4 Å². The highest BCUT2D eigenvalue weighted by Crippen LogP contribution is 2.17. The van der Waals surface area contributed by atoms with E-state index in [2.05, 4.69) is 69.4 Å². The van der Waals surface area contributed by atoms with Gasteiger partial charge in [0.1, 0.15) is 13.2 Å². The van der Waals surface area contributed by atoms with Crippen molar-refractivity contribution in [3.63, 3.8) is 0 Å². The molecule has 0 aliphatic rings. The third-order valence-corrected chi connectivity index (χ3v) is 14.8. The number of allylic oxidation sites excluding steroid dienone is 8. The van der Waals surface area contributed by atoms with E-state index in [4.69, 9.17) is 14.2 Å². The first-order chi connectivity index (χ1) is 37.0. The molecule has 0 bridgehead atoms. The maximum atomic E-state index is 12.9. The molecular formula is C69H126O6. The van der Waals surface area contributed by atoms with Crippen LogP contribution in [0.5, 0.6) is 0 Å². The lowest BCUT2D eigenvalue weighted by molar-refractivity contribution is -0.167. The Balaban J connectivity index is 4.35. The Morgan fingerprint density at radius 2 is 0.480 bits per heavy atom. The van der Waals surface area contributed by atoms with Gasteiger partial charge in [0.25, 0.3) is 0 Å². The molecule has 0 aromatic carbocycles. The summed E-state index contributed by atoms with van der Waals surface area (Å²) >= 11 is 0. The van der Waals surface area contributed by atoms with E-state index in [1.54, 1.807) is 0 Å². The third kappa shape index (κ3) is 62.1. The number of ether oxygens (including phenoxy) is 3. The van der Waals surface area contributed by atoms with Gasteiger partial charge < -0.3 is 14.2 Å². The Hall–Kier alpha value is -2.63. The molecule has 1 unspecified atom stereocenters. The predicted octanol–water partition coefficient (Wildman–Crippen LogP) is 22.6. The van der Waals surface area contributed by atoms with Gasteiger partial charge in [-0.2, -0.15) is 0 Å². The minimum absolute atomic E-state index is 0.0751. The zero-order chi connectivity index (χ0) is 54.3. The fourth-order valence-electron chi connectivity index (χ4n) is 9.76. The van der Waals surface area contributed by atoms with E-state index in [0.29, 0.717) is 19.3 Å². The summed E-state index contributed by atoms with van der Waals surface area (Å²) in [5.74, 6) is -0.866. The van der Waals surface area contributed by atoms with Gasteiger partial charge in [0.2, 0.25) is 0 Å². The van der Waals surface area contributed by atoms with Gasteiger partial charge in [-0.15, -0.1) is 0 Å². The lowest BCUT2D eigenvalue weighted by atomic mass is 10.1. The summed E-state index contributed by atoms with van der Waals surface area (Å²) in [7, 11) is 0. The molecule has 0 heterocycles. The van der Waals surface area contributed by atoms with Crippen molar-refractivity contribution >= 4 is 17.9 Å². The Labute approximate surface area is 467 Å². The molecule has 1 atom stereocenters. The molecule has 0 radical (unpaired) electrons. The first-order valence-electron chi connectivity index (χ1n) is 33.1. The van der Waals surface area contributed by atoms with Crippen LogP contribution >= 0.6 is 0 Å². The van der Waals surface area contributed by atoms with Gasteiger partial charge >= 0.3 is 17.9 Å². The smallest absolute Gasteiger partial charge is 0.306 e. The second kappa shape index (κ2) is 63.9. The first kappa shape index (κ1) is 72.4. The lowest BCUT2D eigenvalue weighted by Gasteiger charge is -2.18. The number of carbonyl (C=O) groups is 3. The molecule has 0 aromatic rings. The highest BCUT2D eigenvalue weighted by molar-refractivity contribution is 5.71. The lowest BCUT2D eigenvalue weighted by Crippen LogP contribution is -2.30. The second-order valence-electron chi connectivity index (χ2n) is 22.4. The zero-order valence-electron chi connectivity index (χ0n) is 50.3. The standard InChI is InChI=1S/C69H126O6/c1-4-7-10-13-16-19-22-25-28-31-33-34-36-38-41-44-47-50-53-56-59-62-68(71)74-65-66(64-73-67(70)61-58-55-52-49-46-43-40-37-30-27-24-21-18-15-12-9-6-3)75-69(72)63-60-57-54-51-48-45-42-39-35-32-29-26-23-20-17-14-11-8-5-2/h18,21,26-27,29-31,33,66H,4-17,19-20,22-25,28,32,34-65H2,1-3H3/b21-18-,29-26-,30-27-,33-31-. The van der Waals surface area contributed by atoms with Gasteiger partial charge in [0.15, 0.2) is 6.10 Å². The Morgan fingerprint density at radius 1 is 0.267 bits per heavy atom. The average molecular weight is 1050 g/mol. The van der Waals surface area contributed by atoms with E-state index in [0.717, 1.165) is 70.6 Å². The minimum Gasteiger partial charge on any atom is -0.462 e. The third-order valence-electron chi connectivity index (χ3n) is 14.8. The maximum Gasteiger partial charge on any atom is 0.306 e. The summed E-state index contributed by atoms with van der Waals surface area (Å²) in [5, 5.41) is 0. The van der Waals surface area contributed by atoms with Crippen LogP contribution in [-0.2, 0) is 28.6 Å². The Bertz CT molecular complexity index is 1300. The van der Waals surface area contributed by atoms with E-state index in [-0.39, 0.29) is 31.1 Å². The van der Waals surface area contributed by atoms with Crippen LogP contribution in [0.2, 0.25) is 0 Å². The van der Waals surface area contributed by atoms with E-state index in [1.807, 2.05) is 0 Å². The van der Waals surface area contributed by atoms with Gasteiger partial charge in [-0.05, 0) is 103 Å². The van der Waals surface area contributed by atoms with Gasteiger partial charge in [-0.3, -0.25) is 14.4 Å². The van der Waals surface area contributed by atoms with Crippen molar-refractivity contribution in [1.29, 1.82) is 0 Å². The van der Waals surface area contributed by atoms with E-state index < -0.39 is 6.10 Å². The molecule has 0 aliphatic carbocycles. The number of hydrogen-bond acceptors (Lipinski definition) is 6. The van der Waals surface area contributed by atoms with E-state index in [1.165, 1.54) is 244 Å². The number of carbonyl (C=O) groups excluding carboxylic acids is 3. The summed E-state index contributed by atoms with van der Waals surface area (Å²) in [6.45, 7) is 6.66. The molecule has 0 saturated carbocycles. The summed E-state index contributed by atoms with van der Waals surface area (Å²) < 4.78 is 17.0. The monoisotopic (exact) mass is 1050 g/mol. The summed E-state index contributed by atoms with van der Waals surface area (Å²) in [5.41, 5.74) is 0. The van der Waals surface area contributed by atoms with Crippen molar-refractivity contribution in [3.8, 4) is 0 Å². The molecule has 0 rings (SSSR count). The van der Waals surface area contributed by atoms with Crippen molar-refractivity contribution in [2.45, 2.75) is 361 Å². The molecule has 0 saturated heterocycles. The molecule has 0 aromatic heterocycles. The maximum absolute atomic E-state index is 12.9. The molecule has 0 aliphatic heterocycles. The average Bonchev–Trinajstić information content (AvgIpc) is 3.41. The van der Waals surface area contributed by atoms with Crippen molar-refractivity contribution in [3.05, 3.63) is 48.6 Å². The van der Waals surface area contributed by atoms with Crippen LogP contribution in [0.1, 0.15) is 355 Å². The van der Waals surface area contributed by atoms with E-state index >= 15 is 0 Å². The summed E-state index contributed by atoms with van der Waals surface area (Å²) in [4.78, 5) is 38.4.